The predicted octanol–water partition coefficient (Wildman–Crippen LogP) is 2.80. The highest BCUT2D eigenvalue weighted by molar-refractivity contribution is 5.91. The molecule has 6 nitrogen and oxygen atoms in total. The van der Waals surface area contributed by atoms with Crippen LogP contribution in [0.1, 0.15) is 54.2 Å². The van der Waals surface area contributed by atoms with E-state index in [1.807, 2.05) is 24.3 Å². The van der Waals surface area contributed by atoms with Crippen molar-refractivity contribution in [3.63, 3.8) is 0 Å². The van der Waals surface area contributed by atoms with Crippen molar-refractivity contribution in [1.82, 2.24) is 10.3 Å². The molecular weight excluding hydrogens is 294 g/mol. The van der Waals surface area contributed by atoms with E-state index in [4.69, 9.17) is 14.9 Å². The summed E-state index contributed by atoms with van der Waals surface area (Å²) in [5.41, 5.74) is 7.21. The number of nitrogens with one attached hydrogen (secondary N) is 1. The Bertz CT molecular complexity index is 622. The Morgan fingerprint density at radius 3 is 2.78 bits per heavy atom. The largest absolute Gasteiger partial charge is 0.497 e. The molecule has 0 radical (unpaired) electrons. The van der Waals surface area contributed by atoms with E-state index in [1.54, 1.807) is 7.11 Å². The molecule has 1 atom stereocenters. The topological polar surface area (TPSA) is 90.4 Å². The summed E-state index contributed by atoms with van der Waals surface area (Å²) in [7, 11) is 1.62. The summed E-state index contributed by atoms with van der Waals surface area (Å²) >= 11 is 0. The van der Waals surface area contributed by atoms with E-state index >= 15 is 0 Å². The summed E-state index contributed by atoms with van der Waals surface area (Å²) in [6.45, 7) is 2.51. The minimum Gasteiger partial charge on any atom is -0.497 e. The lowest BCUT2D eigenvalue weighted by Crippen LogP contribution is -2.23. The highest BCUT2D eigenvalue weighted by Crippen LogP contribution is 2.16. The van der Waals surface area contributed by atoms with Gasteiger partial charge in [-0.2, -0.15) is 0 Å². The zero-order valence-corrected chi connectivity index (χ0v) is 13.5. The van der Waals surface area contributed by atoms with Crippen molar-refractivity contribution >= 4 is 5.91 Å². The Balaban J connectivity index is 1.89. The molecule has 1 aromatic heterocycles. The van der Waals surface area contributed by atoms with Gasteiger partial charge in [-0.05, 0) is 24.1 Å². The average Bonchev–Trinajstić information content (AvgIpc) is 3.08. The van der Waals surface area contributed by atoms with E-state index in [0.717, 1.165) is 30.6 Å². The molecule has 2 aromatic rings. The Morgan fingerprint density at radius 1 is 1.39 bits per heavy atom. The monoisotopic (exact) mass is 317 g/mol. The van der Waals surface area contributed by atoms with E-state index in [1.165, 1.54) is 6.26 Å². The van der Waals surface area contributed by atoms with E-state index in [-0.39, 0.29) is 17.6 Å². The first-order chi connectivity index (χ1) is 11.1. The van der Waals surface area contributed by atoms with Gasteiger partial charge in [0.25, 0.3) is 5.91 Å². The van der Waals surface area contributed by atoms with Gasteiger partial charge >= 0.3 is 0 Å². The second kappa shape index (κ2) is 8.33. The molecule has 0 saturated carbocycles. The van der Waals surface area contributed by atoms with Gasteiger partial charge in [-0.15, -0.1) is 0 Å². The first kappa shape index (κ1) is 17.0. The Kier molecular flexibility index (Phi) is 6.17. The minimum atomic E-state index is -0.279. The zero-order valence-electron chi connectivity index (χ0n) is 13.5. The SMILES string of the molecule is CCCCC(N)c1nc(C(=O)NCc2ccc(OC)cc2)co1. The zero-order chi connectivity index (χ0) is 16.7. The van der Waals surface area contributed by atoms with E-state index in [0.29, 0.717) is 12.4 Å². The van der Waals surface area contributed by atoms with Crippen LogP contribution in [0.4, 0.5) is 0 Å². The van der Waals surface area contributed by atoms with Gasteiger partial charge in [0.1, 0.15) is 12.0 Å². The van der Waals surface area contributed by atoms with Crippen LogP contribution in [0.2, 0.25) is 0 Å². The molecule has 1 heterocycles. The number of carbonyl (C=O) groups is 1. The van der Waals surface area contributed by atoms with Crippen molar-refractivity contribution in [2.24, 2.45) is 5.73 Å². The standard InChI is InChI=1S/C17H23N3O3/c1-3-4-5-14(18)17-20-15(11-23-17)16(21)19-10-12-6-8-13(22-2)9-7-12/h6-9,11,14H,3-5,10,18H2,1-2H3,(H,19,21). The second-order valence-electron chi connectivity index (χ2n) is 5.35. The number of carbonyl (C=O) groups excluding carboxylic acids is 1. The van der Waals surface area contributed by atoms with Crippen LogP contribution in [0.15, 0.2) is 34.9 Å². The minimum absolute atomic E-state index is 0.250. The van der Waals surface area contributed by atoms with Gasteiger partial charge in [-0.3, -0.25) is 4.79 Å². The molecule has 0 aliphatic rings. The van der Waals surface area contributed by atoms with Crippen LogP contribution in [0, 0.1) is 0 Å². The third-order valence-electron chi connectivity index (χ3n) is 3.55. The number of nitrogens with zero attached hydrogens (tertiary/aromatic N) is 1. The quantitative estimate of drug-likeness (QED) is 0.781. The summed E-state index contributed by atoms with van der Waals surface area (Å²) < 4.78 is 10.4. The Labute approximate surface area is 136 Å². The number of amides is 1. The van der Waals surface area contributed by atoms with Crippen molar-refractivity contribution in [2.45, 2.75) is 38.8 Å². The number of unbranched alkanes of at least 4 members (excludes halogenated alkanes) is 1. The maximum atomic E-state index is 12.1. The molecular formula is C17H23N3O3. The smallest absolute Gasteiger partial charge is 0.273 e. The van der Waals surface area contributed by atoms with Crippen molar-refractivity contribution in [2.75, 3.05) is 7.11 Å². The Hall–Kier alpha value is -2.34. The number of ether oxygens (including phenoxy) is 1. The van der Waals surface area contributed by atoms with Crippen LogP contribution in [-0.4, -0.2) is 18.0 Å². The van der Waals surface area contributed by atoms with Gasteiger partial charge in [0.2, 0.25) is 5.89 Å². The molecule has 6 heteroatoms. The van der Waals surface area contributed by atoms with Gasteiger partial charge in [0.05, 0.1) is 13.2 Å². The molecule has 1 aromatic carbocycles. The Morgan fingerprint density at radius 2 is 2.13 bits per heavy atom. The molecule has 124 valence electrons. The lowest BCUT2D eigenvalue weighted by atomic mass is 10.1. The van der Waals surface area contributed by atoms with Crippen LogP contribution in [0.3, 0.4) is 0 Å². The fourth-order valence-electron chi connectivity index (χ4n) is 2.13. The maximum absolute atomic E-state index is 12.1. The maximum Gasteiger partial charge on any atom is 0.273 e. The van der Waals surface area contributed by atoms with Gasteiger partial charge in [0, 0.05) is 6.54 Å². The first-order valence-electron chi connectivity index (χ1n) is 7.76. The van der Waals surface area contributed by atoms with Gasteiger partial charge in [-0.25, -0.2) is 4.98 Å². The summed E-state index contributed by atoms with van der Waals surface area (Å²) in [6.07, 6.45) is 4.21. The van der Waals surface area contributed by atoms with Gasteiger partial charge in [-0.1, -0.05) is 31.9 Å². The normalized spacial score (nSPS) is 12.0. The van der Waals surface area contributed by atoms with E-state index in [9.17, 15) is 4.79 Å². The molecule has 0 aliphatic carbocycles. The molecule has 0 bridgehead atoms. The third-order valence-corrected chi connectivity index (χ3v) is 3.55. The summed E-state index contributed by atoms with van der Waals surface area (Å²) in [6, 6.07) is 7.23. The van der Waals surface area contributed by atoms with Crippen LogP contribution >= 0.6 is 0 Å². The summed E-state index contributed by atoms with van der Waals surface area (Å²) in [5.74, 6) is 0.911. The van der Waals surface area contributed by atoms with Crippen LogP contribution in [0.5, 0.6) is 5.75 Å². The highest BCUT2D eigenvalue weighted by Gasteiger charge is 2.16. The van der Waals surface area contributed by atoms with Crippen molar-refractivity contribution < 1.29 is 13.9 Å². The molecule has 0 aliphatic heterocycles. The lowest BCUT2D eigenvalue weighted by Gasteiger charge is -2.05. The number of oxazole rings is 1. The number of hydrogen-bond acceptors (Lipinski definition) is 5. The molecule has 1 amide bonds. The summed E-state index contributed by atoms with van der Waals surface area (Å²) in [4.78, 5) is 16.3. The molecule has 1 unspecified atom stereocenters. The van der Waals surface area contributed by atoms with E-state index in [2.05, 4.69) is 17.2 Å². The molecule has 0 saturated heterocycles. The van der Waals surface area contributed by atoms with Crippen molar-refractivity contribution in [3.05, 3.63) is 47.7 Å². The highest BCUT2D eigenvalue weighted by atomic mass is 16.5. The molecule has 23 heavy (non-hydrogen) atoms. The van der Waals surface area contributed by atoms with Crippen LogP contribution < -0.4 is 15.8 Å². The number of methoxy groups -OCH3 is 1. The summed E-state index contributed by atoms with van der Waals surface area (Å²) in [5, 5.41) is 2.81. The number of aromatic nitrogens is 1. The number of nitrogens with two attached hydrogens (primary N) is 1. The van der Waals surface area contributed by atoms with Crippen LogP contribution in [0.25, 0.3) is 0 Å². The molecule has 0 fully saturated rings. The van der Waals surface area contributed by atoms with Crippen molar-refractivity contribution in [1.29, 1.82) is 0 Å². The first-order valence-corrected chi connectivity index (χ1v) is 7.76. The average molecular weight is 317 g/mol. The fraction of sp³-hybridized carbons (Fsp3) is 0.412. The second-order valence-corrected chi connectivity index (χ2v) is 5.35. The van der Waals surface area contributed by atoms with Gasteiger partial charge < -0.3 is 20.2 Å². The molecule has 2 rings (SSSR count). The fourth-order valence-corrected chi connectivity index (χ4v) is 2.13. The number of benzene rings is 1. The third kappa shape index (κ3) is 4.82. The predicted molar refractivity (Wildman–Crippen MR) is 87.1 cm³/mol. The molecule has 3 N–H and O–H groups in total. The van der Waals surface area contributed by atoms with Crippen molar-refractivity contribution in [3.8, 4) is 5.75 Å². The van der Waals surface area contributed by atoms with E-state index < -0.39 is 0 Å². The lowest BCUT2D eigenvalue weighted by molar-refractivity contribution is 0.0946. The number of rotatable bonds is 8. The van der Waals surface area contributed by atoms with Gasteiger partial charge in [0.15, 0.2) is 5.69 Å². The van der Waals surface area contributed by atoms with Crippen LogP contribution in [-0.2, 0) is 6.54 Å². The molecule has 0 spiro atoms. The number of hydrogen-bond donors (Lipinski definition) is 2.